The summed E-state index contributed by atoms with van der Waals surface area (Å²) in [6, 6.07) is 4.21. The highest BCUT2D eigenvalue weighted by Gasteiger charge is 2.22. The van der Waals surface area contributed by atoms with Gasteiger partial charge in [0.15, 0.2) is 0 Å². The molecule has 3 aromatic heterocycles. The summed E-state index contributed by atoms with van der Waals surface area (Å²) in [6.07, 6.45) is 3.61. The van der Waals surface area contributed by atoms with E-state index in [1.54, 1.807) is 20.0 Å². The van der Waals surface area contributed by atoms with E-state index in [2.05, 4.69) is 31.9 Å². The average molecular weight is 392 g/mol. The van der Waals surface area contributed by atoms with Crippen LogP contribution in [-0.4, -0.2) is 50.2 Å². The molecular weight excluding hydrogens is 368 g/mol. The number of nitrogens with zero attached hydrogens (tertiary/aromatic N) is 3. The Kier molecular flexibility index (Phi) is 4.75. The molecule has 1 unspecified atom stereocenters. The Bertz CT molecular complexity index is 1120. The van der Waals surface area contributed by atoms with Crippen LogP contribution in [-0.2, 0) is 4.79 Å². The zero-order chi connectivity index (χ0) is 20.7. The molecule has 0 saturated carbocycles. The molecule has 0 bridgehead atoms. The number of hydrogen-bond acceptors (Lipinski definition) is 6. The zero-order valence-electron chi connectivity index (χ0n) is 16.6. The maximum atomic E-state index is 12.3. The van der Waals surface area contributed by atoms with Crippen LogP contribution in [0.2, 0.25) is 0 Å². The van der Waals surface area contributed by atoms with Crippen LogP contribution in [0.15, 0.2) is 24.5 Å². The van der Waals surface area contributed by atoms with Crippen LogP contribution in [0.1, 0.15) is 25.6 Å². The number of pyridine rings is 1. The molecule has 9 nitrogen and oxygen atoms in total. The molecule has 1 fully saturated rings. The van der Waals surface area contributed by atoms with Crippen LogP contribution in [0, 0.1) is 23.7 Å². The van der Waals surface area contributed by atoms with Gasteiger partial charge in [0.2, 0.25) is 0 Å². The molecule has 1 saturated heterocycles. The van der Waals surface area contributed by atoms with Gasteiger partial charge in [-0.25, -0.2) is 4.98 Å². The Balaban J connectivity index is 1.57. The number of anilines is 1. The van der Waals surface area contributed by atoms with E-state index in [1.165, 1.54) is 0 Å². The topological polar surface area (TPSA) is 135 Å². The zero-order valence-corrected chi connectivity index (χ0v) is 16.6. The summed E-state index contributed by atoms with van der Waals surface area (Å²) in [6.45, 7) is 7.12. The molecular formula is C20H24N8O. The molecule has 4 rings (SSSR count). The number of amides is 1. The minimum absolute atomic E-state index is 0.138. The number of aromatic amines is 1. The van der Waals surface area contributed by atoms with Crippen molar-refractivity contribution in [1.82, 2.24) is 25.1 Å². The summed E-state index contributed by atoms with van der Waals surface area (Å²) in [7, 11) is 0. The lowest BCUT2D eigenvalue weighted by atomic mass is 10.0. The number of carbonyl (C=O) groups is 1. The van der Waals surface area contributed by atoms with E-state index in [1.807, 2.05) is 23.7 Å². The first-order valence-corrected chi connectivity index (χ1v) is 9.54. The van der Waals surface area contributed by atoms with E-state index in [4.69, 9.17) is 10.8 Å². The summed E-state index contributed by atoms with van der Waals surface area (Å²) >= 11 is 0. The van der Waals surface area contributed by atoms with Crippen LogP contribution in [0.5, 0.6) is 0 Å². The summed E-state index contributed by atoms with van der Waals surface area (Å²) in [5, 5.41) is 27.0. The highest BCUT2D eigenvalue weighted by atomic mass is 16.1. The van der Waals surface area contributed by atoms with Gasteiger partial charge in [-0.3, -0.25) is 14.9 Å². The van der Waals surface area contributed by atoms with Gasteiger partial charge in [-0.1, -0.05) is 6.92 Å². The van der Waals surface area contributed by atoms with E-state index < -0.39 is 11.8 Å². The second kappa shape index (κ2) is 7.25. The van der Waals surface area contributed by atoms with E-state index in [-0.39, 0.29) is 11.4 Å². The van der Waals surface area contributed by atoms with Crippen LogP contribution >= 0.6 is 0 Å². The van der Waals surface area contributed by atoms with Gasteiger partial charge in [-0.2, -0.15) is 5.10 Å². The molecule has 1 atom stereocenters. The Hall–Kier alpha value is -3.33. The van der Waals surface area contributed by atoms with Gasteiger partial charge in [0, 0.05) is 41.9 Å². The van der Waals surface area contributed by atoms with Gasteiger partial charge >= 0.3 is 0 Å². The molecule has 3 aromatic rings. The maximum absolute atomic E-state index is 12.3. The summed E-state index contributed by atoms with van der Waals surface area (Å²) in [5.41, 5.74) is 4.27. The maximum Gasteiger partial charge on any atom is 0.270 e. The first-order chi connectivity index (χ1) is 13.8. The van der Waals surface area contributed by atoms with E-state index in [9.17, 15) is 4.79 Å². The third-order valence-electron chi connectivity index (χ3n) is 5.40. The second-order valence-corrected chi connectivity index (χ2v) is 7.54. The first kappa shape index (κ1) is 19.0. The van der Waals surface area contributed by atoms with Crippen molar-refractivity contribution in [3.05, 3.63) is 30.2 Å². The number of hydrogen-bond donors (Lipinski definition) is 5. The molecule has 1 aliphatic heterocycles. The number of aromatic nitrogens is 4. The van der Waals surface area contributed by atoms with Crippen LogP contribution in [0.3, 0.4) is 0 Å². The van der Waals surface area contributed by atoms with E-state index in [0.717, 1.165) is 35.4 Å². The predicted molar refractivity (Wildman–Crippen MR) is 113 cm³/mol. The molecule has 150 valence electrons. The van der Waals surface area contributed by atoms with Crippen molar-refractivity contribution in [2.75, 3.05) is 18.4 Å². The SMILES string of the molecule is CC(=N)C(C)C(=N)C(=O)Nc1cnc2[nH]c(-c3cn(C4CNC4)nc3C)cc2c1. The van der Waals surface area contributed by atoms with Crippen molar-refractivity contribution in [1.29, 1.82) is 10.8 Å². The first-order valence-electron chi connectivity index (χ1n) is 9.54. The predicted octanol–water partition coefficient (Wildman–Crippen LogP) is 2.51. The standard InChI is InChI=1S/C20H24N8O/c1-10(11(2)21)18(22)20(29)25-14-4-13-5-17(26-19(13)24-6-14)16-9-28(27-12(16)3)15-7-23-8-15/h4-6,9-10,15,21-23H,7-8H2,1-3H3,(H,24,26)(H,25,29). The van der Waals surface area contributed by atoms with E-state index in [0.29, 0.717) is 17.4 Å². The summed E-state index contributed by atoms with van der Waals surface area (Å²) in [5.74, 6) is -1.04. The number of fused-ring (bicyclic) bond motifs is 1. The van der Waals surface area contributed by atoms with Crippen molar-refractivity contribution in [2.45, 2.75) is 26.8 Å². The fourth-order valence-corrected chi connectivity index (χ4v) is 3.23. The van der Waals surface area contributed by atoms with Crippen LogP contribution in [0.25, 0.3) is 22.3 Å². The molecule has 9 heteroatoms. The third-order valence-corrected chi connectivity index (χ3v) is 5.40. The van der Waals surface area contributed by atoms with Crippen molar-refractivity contribution in [2.24, 2.45) is 5.92 Å². The fourth-order valence-electron chi connectivity index (χ4n) is 3.23. The van der Waals surface area contributed by atoms with Gasteiger partial charge < -0.3 is 21.0 Å². The largest absolute Gasteiger partial charge is 0.339 e. The van der Waals surface area contributed by atoms with E-state index >= 15 is 0 Å². The second-order valence-electron chi connectivity index (χ2n) is 7.54. The molecule has 29 heavy (non-hydrogen) atoms. The Morgan fingerprint density at radius 2 is 2.10 bits per heavy atom. The molecule has 5 N–H and O–H groups in total. The molecule has 4 heterocycles. The lowest BCUT2D eigenvalue weighted by molar-refractivity contribution is -0.110. The van der Waals surface area contributed by atoms with Gasteiger partial charge in [0.1, 0.15) is 11.4 Å². The number of H-pyrrole nitrogens is 1. The monoisotopic (exact) mass is 392 g/mol. The van der Waals surface area contributed by atoms with Gasteiger partial charge in [-0.15, -0.1) is 0 Å². The summed E-state index contributed by atoms with van der Waals surface area (Å²) < 4.78 is 2.00. The number of rotatable bonds is 6. The average Bonchev–Trinajstić information content (AvgIpc) is 3.21. The Morgan fingerprint density at radius 3 is 2.76 bits per heavy atom. The van der Waals surface area contributed by atoms with Gasteiger partial charge in [0.05, 0.1) is 29.3 Å². The number of nitrogens with one attached hydrogen (secondary N) is 5. The molecule has 0 spiro atoms. The van der Waals surface area contributed by atoms with Crippen molar-refractivity contribution in [3.8, 4) is 11.3 Å². The minimum Gasteiger partial charge on any atom is -0.339 e. The molecule has 1 aliphatic rings. The normalized spacial score (nSPS) is 15.1. The van der Waals surface area contributed by atoms with Crippen molar-refractivity contribution in [3.63, 3.8) is 0 Å². The number of aryl methyl sites for hydroxylation is 1. The lowest BCUT2D eigenvalue weighted by Gasteiger charge is -2.27. The van der Waals surface area contributed by atoms with Gasteiger partial charge in [0.25, 0.3) is 5.91 Å². The van der Waals surface area contributed by atoms with Crippen molar-refractivity contribution < 1.29 is 4.79 Å². The highest BCUT2D eigenvalue weighted by molar-refractivity contribution is 6.45. The quantitative estimate of drug-likeness (QED) is 0.412. The fraction of sp³-hybridized carbons (Fsp3) is 0.350. The number of carbonyl (C=O) groups excluding carboxylic acids is 1. The Labute approximate surface area is 167 Å². The molecule has 1 amide bonds. The summed E-state index contributed by atoms with van der Waals surface area (Å²) in [4.78, 5) is 20.0. The molecule has 0 aromatic carbocycles. The smallest absolute Gasteiger partial charge is 0.270 e. The minimum atomic E-state index is -0.521. The van der Waals surface area contributed by atoms with Crippen LogP contribution < -0.4 is 10.6 Å². The van der Waals surface area contributed by atoms with Gasteiger partial charge in [-0.05, 0) is 26.0 Å². The molecule has 0 aliphatic carbocycles. The van der Waals surface area contributed by atoms with Crippen molar-refractivity contribution >= 4 is 34.1 Å². The highest BCUT2D eigenvalue weighted by Crippen LogP contribution is 2.28. The Morgan fingerprint density at radius 1 is 1.34 bits per heavy atom. The molecule has 0 radical (unpaired) electrons. The van der Waals surface area contributed by atoms with Crippen LogP contribution in [0.4, 0.5) is 5.69 Å². The third kappa shape index (κ3) is 3.56. The lowest BCUT2D eigenvalue weighted by Crippen LogP contribution is -2.43.